The van der Waals surface area contributed by atoms with Crippen LogP contribution in [0.1, 0.15) is 0 Å². The second kappa shape index (κ2) is 3.04. The lowest BCUT2D eigenvalue weighted by atomic mass is 9.98. The highest BCUT2D eigenvalue weighted by Crippen LogP contribution is 2.20. The standard InChI is InChI=1S/C10H16N2/c1-11-5-3-10-8-12(2)6-4-9(10)7-11/h3-4H,5-8H2,1-2H3. The molecular weight excluding hydrogens is 148 g/mol. The molecule has 0 radical (unpaired) electrons. The van der Waals surface area contributed by atoms with Crippen molar-refractivity contribution in [2.45, 2.75) is 0 Å². The summed E-state index contributed by atoms with van der Waals surface area (Å²) in [5.41, 5.74) is 3.09. The third-order valence-electron chi connectivity index (χ3n) is 2.59. The van der Waals surface area contributed by atoms with E-state index >= 15 is 0 Å². The molecule has 66 valence electrons. The average molecular weight is 164 g/mol. The molecule has 12 heavy (non-hydrogen) atoms. The van der Waals surface area contributed by atoms with E-state index in [9.17, 15) is 0 Å². The molecular formula is C10H16N2. The molecule has 2 nitrogen and oxygen atoms in total. The van der Waals surface area contributed by atoms with Crippen molar-refractivity contribution in [3.8, 4) is 0 Å². The first-order valence-electron chi connectivity index (χ1n) is 4.51. The van der Waals surface area contributed by atoms with Crippen LogP contribution in [0.5, 0.6) is 0 Å². The minimum Gasteiger partial charge on any atom is -0.298 e. The Kier molecular flexibility index (Phi) is 2.03. The smallest absolute Gasteiger partial charge is 0.0234 e. The summed E-state index contributed by atoms with van der Waals surface area (Å²) in [6.45, 7) is 4.50. The molecule has 0 unspecified atom stereocenters. The Labute approximate surface area is 74.2 Å². The number of fused-ring (bicyclic) bond motifs is 1. The van der Waals surface area contributed by atoms with E-state index < -0.39 is 0 Å². The maximum Gasteiger partial charge on any atom is 0.0234 e. The predicted molar refractivity (Wildman–Crippen MR) is 51.2 cm³/mol. The molecule has 2 aliphatic heterocycles. The highest BCUT2D eigenvalue weighted by atomic mass is 15.1. The van der Waals surface area contributed by atoms with E-state index in [-0.39, 0.29) is 0 Å². The molecule has 0 spiro atoms. The van der Waals surface area contributed by atoms with Gasteiger partial charge in [0.25, 0.3) is 0 Å². The first kappa shape index (κ1) is 8.02. The van der Waals surface area contributed by atoms with Crippen molar-refractivity contribution in [1.29, 1.82) is 0 Å². The fourth-order valence-corrected chi connectivity index (χ4v) is 1.84. The normalized spacial score (nSPS) is 26.2. The summed E-state index contributed by atoms with van der Waals surface area (Å²) in [5, 5.41) is 0. The molecule has 0 bridgehead atoms. The Morgan fingerprint density at radius 2 is 1.33 bits per heavy atom. The summed E-state index contributed by atoms with van der Waals surface area (Å²) in [6.07, 6.45) is 4.70. The zero-order valence-electron chi connectivity index (χ0n) is 7.88. The van der Waals surface area contributed by atoms with Crippen LogP contribution in [0.4, 0.5) is 0 Å². The van der Waals surface area contributed by atoms with E-state index in [4.69, 9.17) is 0 Å². The van der Waals surface area contributed by atoms with Crippen LogP contribution in [0, 0.1) is 0 Å². The highest BCUT2D eigenvalue weighted by Gasteiger charge is 2.17. The van der Waals surface area contributed by atoms with Crippen molar-refractivity contribution < 1.29 is 0 Å². The molecule has 0 aliphatic carbocycles. The molecule has 2 heterocycles. The Morgan fingerprint density at radius 3 is 1.75 bits per heavy atom. The number of hydrogen-bond donors (Lipinski definition) is 0. The number of rotatable bonds is 0. The molecule has 0 saturated heterocycles. The van der Waals surface area contributed by atoms with Crippen LogP contribution in [0.25, 0.3) is 0 Å². The average Bonchev–Trinajstić information content (AvgIpc) is 2.05. The zero-order chi connectivity index (χ0) is 8.55. The molecule has 0 aromatic heterocycles. The van der Waals surface area contributed by atoms with E-state index in [2.05, 4.69) is 36.0 Å². The molecule has 0 amide bonds. The van der Waals surface area contributed by atoms with Gasteiger partial charge in [0.1, 0.15) is 0 Å². The molecule has 0 saturated carbocycles. The quantitative estimate of drug-likeness (QED) is 0.521. The molecule has 0 N–H and O–H groups in total. The van der Waals surface area contributed by atoms with Crippen LogP contribution in [0.2, 0.25) is 0 Å². The maximum atomic E-state index is 2.35. The van der Waals surface area contributed by atoms with Crippen molar-refractivity contribution >= 4 is 0 Å². The van der Waals surface area contributed by atoms with Crippen LogP contribution in [-0.2, 0) is 0 Å². The highest BCUT2D eigenvalue weighted by molar-refractivity contribution is 5.38. The molecule has 2 aliphatic rings. The molecule has 0 atom stereocenters. The van der Waals surface area contributed by atoms with Crippen molar-refractivity contribution in [1.82, 2.24) is 9.80 Å². The summed E-state index contributed by atoms with van der Waals surface area (Å²) in [6, 6.07) is 0. The van der Waals surface area contributed by atoms with Crippen LogP contribution >= 0.6 is 0 Å². The van der Waals surface area contributed by atoms with Crippen molar-refractivity contribution in [2.75, 3.05) is 40.3 Å². The lowest BCUT2D eigenvalue weighted by molar-refractivity contribution is 0.352. The van der Waals surface area contributed by atoms with Gasteiger partial charge in [-0.2, -0.15) is 0 Å². The molecule has 0 fully saturated rings. The Bertz CT molecular complexity index is 214. The van der Waals surface area contributed by atoms with Crippen molar-refractivity contribution in [2.24, 2.45) is 0 Å². The minimum atomic E-state index is 1.11. The van der Waals surface area contributed by atoms with Crippen LogP contribution in [-0.4, -0.2) is 50.1 Å². The lowest BCUT2D eigenvalue weighted by Gasteiger charge is -2.31. The third kappa shape index (κ3) is 1.45. The molecule has 2 rings (SSSR count). The second-order valence-corrected chi connectivity index (χ2v) is 3.85. The Hall–Kier alpha value is -0.600. The van der Waals surface area contributed by atoms with Gasteiger partial charge in [0, 0.05) is 26.2 Å². The lowest BCUT2D eigenvalue weighted by Crippen LogP contribution is -2.34. The summed E-state index contributed by atoms with van der Waals surface area (Å²) in [5.74, 6) is 0. The SMILES string of the molecule is CN1CC=C2CN(C)CC=C2C1. The van der Waals surface area contributed by atoms with Crippen molar-refractivity contribution in [3.05, 3.63) is 23.3 Å². The van der Waals surface area contributed by atoms with Gasteiger partial charge in [-0.15, -0.1) is 0 Å². The minimum absolute atomic E-state index is 1.11. The van der Waals surface area contributed by atoms with Gasteiger partial charge < -0.3 is 0 Å². The fraction of sp³-hybridized carbons (Fsp3) is 0.600. The first-order chi connectivity index (χ1) is 5.75. The Morgan fingerprint density at radius 1 is 0.917 bits per heavy atom. The largest absolute Gasteiger partial charge is 0.298 e. The summed E-state index contributed by atoms with van der Waals surface area (Å²) in [4.78, 5) is 4.70. The molecule has 2 heteroatoms. The van der Waals surface area contributed by atoms with Gasteiger partial charge in [-0.05, 0) is 25.2 Å². The van der Waals surface area contributed by atoms with Gasteiger partial charge in [-0.25, -0.2) is 0 Å². The first-order valence-corrected chi connectivity index (χ1v) is 4.51. The predicted octanol–water partition coefficient (Wildman–Crippen LogP) is 0.730. The van der Waals surface area contributed by atoms with Gasteiger partial charge in [0.15, 0.2) is 0 Å². The monoisotopic (exact) mass is 164 g/mol. The van der Waals surface area contributed by atoms with Gasteiger partial charge in [0.05, 0.1) is 0 Å². The molecule has 0 aromatic carbocycles. The van der Waals surface area contributed by atoms with Gasteiger partial charge in [-0.1, -0.05) is 12.2 Å². The molecule has 0 aromatic rings. The number of hydrogen-bond acceptors (Lipinski definition) is 2. The zero-order valence-corrected chi connectivity index (χ0v) is 7.88. The van der Waals surface area contributed by atoms with Crippen LogP contribution in [0.15, 0.2) is 23.3 Å². The second-order valence-electron chi connectivity index (χ2n) is 3.85. The summed E-state index contributed by atoms with van der Waals surface area (Å²) in [7, 11) is 4.35. The maximum absolute atomic E-state index is 2.35. The van der Waals surface area contributed by atoms with E-state index in [1.54, 1.807) is 11.1 Å². The number of nitrogens with zero attached hydrogens (tertiary/aromatic N) is 2. The van der Waals surface area contributed by atoms with Gasteiger partial charge in [-0.3, -0.25) is 9.80 Å². The van der Waals surface area contributed by atoms with E-state index in [0.29, 0.717) is 0 Å². The van der Waals surface area contributed by atoms with E-state index in [1.165, 1.54) is 0 Å². The summed E-state index contributed by atoms with van der Waals surface area (Å²) >= 11 is 0. The number of likely N-dealkylation sites (N-methyl/N-ethyl adjacent to an activating group) is 2. The topological polar surface area (TPSA) is 6.48 Å². The Balaban J connectivity index is 2.20. The van der Waals surface area contributed by atoms with E-state index in [0.717, 1.165) is 26.2 Å². The van der Waals surface area contributed by atoms with Gasteiger partial charge in [0.2, 0.25) is 0 Å². The van der Waals surface area contributed by atoms with Crippen LogP contribution in [0.3, 0.4) is 0 Å². The summed E-state index contributed by atoms with van der Waals surface area (Å²) < 4.78 is 0. The van der Waals surface area contributed by atoms with Gasteiger partial charge >= 0.3 is 0 Å². The van der Waals surface area contributed by atoms with E-state index in [1.807, 2.05) is 0 Å². The van der Waals surface area contributed by atoms with Crippen molar-refractivity contribution in [3.63, 3.8) is 0 Å². The third-order valence-corrected chi connectivity index (χ3v) is 2.59. The van der Waals surface area contributed by atoms with Crippen LogP contribution < -0.4 is 0 Å². The fourth-order valence-electron chi connectivity index (χ4n) is 1.84.